The summed E-state index contributed by atoms with van der Waals surface area (Å²) in [6, 6.07) is 5.97. The van der Waals surface area contributed by atoms with E-state index in [4.69, 9.17) is 16.3 Å². The predicted molar refractivity (Wildman–Crippen MR) is 85.3 cm³/mol. The topological polar surface area (TPSA) is 72.3 Å². The van der Waals surface area contributed by atoms with Crippen molar-refractivity contribution in [2.75, 3.05) is 7.11 Å². The van der Waals surface area contributed by atoms with E-state index in [9.17, 15) is 9.18 Å². The van der Waals surface area contributed by atoms with Gasteiger partial charge in [0.1, 0.15) is 5.82 Å². The maximum Gasteiger partial charge on any atom is 0.252 e. The van der Waals surface area contributed by atoms with Crippen LogP contribution in [-0.4, -0.2) is 26.7 Å². The SMILES string of the molecule is COCc1cc(=O)[nH]c2nnc(SCc3c(F)cccc3Cl)n12. The number of halogens is 2. The first-order valence-corrected chi connectivity index (χ1v) is 7.98. The van der Waals surface area contributed by atoms with E-state index in [2.05, 4.69) is 15.2 Å². The Balaban J connectivity index is 1.96. The van der Waals surface area contributed by atoms with Crippen LogP contribution in [0.4, 0.5) is 4.39 Å². The first kappa shape index (κ1) is 16.0. The number of hydrogen-bond acceptors (Lipinski definition) is 5. The molecule has 23 heavy (non-hydrogen) atoms. The van der Waals surface area contributed by atoms with Gasteiger partial charge in [0.25, 0.3) is 5.56 Å². The van der Waals surface area contributed by atoms with Gasteiger partial charge in [-0.2, -0.15) is 0 Å². The van der Waals surface area contributed by atoms with Gasteiger partial charge in [0.15, 0.2) is 5.16 Å². The van der Waals surface area contributed by atoms with E-state index in [-0.39, 0.29) is 23.7 Å². The molecule has 0 aliphatic carbocycles. The minimum absolute atomic E-state index is 0.229. The second-order valence-corrected chi connectivity index (χ2v) is 6.04. The van der Waals surface area contributed by atoms with Crippen LogP contribution in [0.3, 0.4) is 0 Å². The quantitative estimate of drug-likeness (QED) is 0.713. The molecule has 0 aliphatic rings. The lowest BCUT2D eigenvalue weighted by Gasteiger charge is -2.07. The molecular weight excluding hydrogens is 343 g/mol. The fourth-order valence-electron chi connectivity index (χ4n) is 2.13. The molecule has 0 fully saturated rings. The Morgan fingerprint density at radius 2 is 2.26 bits per heavy atom. The number of nitrogens with one attached hydrogen (secondary N) is 1. The maximum atomic E-state index is 13.8. The number of benzene rings is 1. The Bertz CT molecular complexity index is 891. The van der Waals surface area contributed by atoms with Crippen molar-refractivity contribution in [3.63, 3.8) is 0 Å². The molecule has 0 saturated carbocycles. The zero-order valence-corrected chi connectivity index (χ0v) is 13.6. The standard InChI is InChI=1S/C14H12ClFN4O2S/c1-22-6-8-5-12(21)17-13-18-19-14(20(8)13)23-7-9-10(15)3-2-4-11(9)16/h2-5H,6-7H2,1H3,(H,17,18,21). The Morgan fingerprint density at radius 1 is 1.43 bits per heavy atom. The number of ether oxygens (including phenoxy) is 1. The first-order valence-electron chi connectivity index (χ1n) is 6.62. The summed E-state index contributed by atoms with van der Waals surface area (Å²) in [6.45, 7) is 0.229. The number of aromatic nitrogens is 4. The molecule has 1 aromatic carbocycles. The van der Waals surface area contributed by atoms with Gasteiger partial charge in [-0.1, -0.05) is 29.4 Å². The van der Waals surface area contributed by atoms with Crippen molar-refractivity contribution in [2.45, 2.75) is 17.5 Å². The molecule has 1 N–H and O–H groups in total. The molecule has 0 bridgehead atoms. The Morgan fingerprint density at radius 3 is 3.00 bits per heavy atom. The van der Waals surface area contributed by atoms with Crippen LogP contribution in [0.2, 0.25) is 5.02 Å². The largest absolute Gasteiger partial charge is 0.378 e. The van der Waals surface area contributed by atoms with Crippen molar-refractivity contribution in [3.8, 4) is 0 Å². The molecule has 2 aromatic heterocycles. The summed E-state index contributed by atoms with van der Waals surface area (Å²) in [6.07, 6.45) is 0. The third kappa shape index (κ3) is 3.24. The highest BCUT2D eigenvalue weighted by Crippen LogP contribution is 2.28. The first-order chi connectivity index (χ1) is 11.1. The zero-order chi connectivity index (χ0) is 16.4. The van der Waals surface area contributed by atoms with Crippen molar-refractivity contribution < 1.29 is 9.13 Å². The number of nitrogens with zero attached hydrogens (tertiary/aromatic N) is 3. The summed E-state index contributed by atoms with van der Waals surface area (Å²) in [5.74, 6) is 0.230. The number of aromatic amines is 1. The third-order valence-corrected chi connectivity index (χ3v) is 4.46. The lowest BCUT2D eigenvalue weighted by atomic mass is 10.2. The molecular formula is C14H12ClFN4O2S. The Labute approximate surface area is 139 Å². The second-order valence-electron chi connectivity index (χ2n) is 4.69. The van der Waals surface area contributed by atoms with Crippen LogP contribution < -0.4 is 5.56 Å². The van der Waals surface area contributed by atoms with Gasteiger partial charge in [-0.3, -0.25) is 14.2 Å². The molecule has 9 heteroatoms. The van der Waals surface area contributed by atoms with Gasteiger partial charge in [0.2, 0.25) is 5.78 Å². The van der Waals surface area contributed by atoms with Gasteiger partial charge in [-0.25, -0.2) is 4.39 Å². The lowest BCUT2D eigenvalue weighted by Crippen LogP contribution is -2.12. The van der Waals surface area contributed by atoms with Crippen molar-refractivity contribution in [1.29, 1.82) is 0 Å². The number of hydrogen-bond donors (Lipinski definition) is 1. The molecule has 0 atom stereocenters. The van der Waals surface area contributed by atoms with Crippen LogP contribution in [0.5, 0.6) is 0 Å². The number of fused-ring (bicyclic) bond motifs is 1. The van der Waals surface area contributed by atoms with E-state index in [1.165, 1.54) is 31.0 Å². The highest BCUT2D eigenvalue weighted by molar-refractivity contribution is 7.98. The van der Waals surface area contributed by atoms with Crippen LogP contribution in [0.15, 0.2) is 34.2 Å². The van der Waals surface area contributed by atoms with Crippen molar-refractivity contribution in [1.82, 2.24) is 19.6 Å². The normalized spacial score (nSPS) is 11.3. The minimum Gasteiger partial charge on any atom is -0.378 e. The van der Waals surface area contributed by atoms with Crippen LogP contribution >= 0.6 is 23.4 Å². The van der Waals surface area contributed by atoms with Gasteiger partial charge in [-0.05, 0) is 12.1 Å². The summed E-state index contributed by atoms with van der Waals surface area (Å²) < 4.78 is 20.6. The molecule has 0 aliphatic heterocycles. The summed E-state index contributed by atoms with van der Waals surface area (Å²) in [5, 5.41) is 8.85. The molecule has 0 saturated heterocycles. The van der Waals surface area contributed by atoms with Gasteiger partial charge < -0.3 is 4.74 Å². The predicted octanol–water partition coefficient (Wildman–Crippen LogP) is 2.65. The number of thioether (sulfide) groups is 1. The van der Waals surface area contributed by atoms with E-state index in [0.29, 0.717) is 27.2 Å². The fourth-order valence-corrected chi connectivity index (χ4v) is 3.43. The number of rotatable bonds is 5. The molecule has 2 heterocycles. The van der Waals surface area contributed by atoms with E-state index in [1.54, 1.807) is 16.5 Å². The number of methoxy groups -OCH3 is 1. The van der Waals surface area contributed by atoms with Gasteiger partial charge in [0.05, 0.1) is 12.3 Å². The molecule has 6 nitrogen and oxygen atoms in total. The van der Waals surface area contributed by atoms with Gasteiger partial charge in [-0.15, -0.1) is 10.2 Å². The summed E-state index contributed by atoms with van der Waals surface area (Å²) in [4.78, 5) is 14.2. The van der Waals surface area contributed by atoms with Crippen LogP contribution in [0, 0.1) is 5.82 Å². The van der Waals surface area contributed by atoms with Crippen molar-refractivity contribution in [3.05, 3.63) is 56.7 Å². The number of H-pyrrole nitrogens is 1. The smallest absolute Gasteiger partial charge is 0.252 e. The van der Waals surface area contributed by atoms with E-state index in [0.717, 1.165) is 0 Å². The lowest BCUT2D eigenvalue weighted by molar-refractivity contribution is 0.179. The van der Waals surface area contributed by atoms with Crippen LogP contribution in [0.1, 0.15) is 11.3 Å². The monoisotopic (exact) mass is 354 g/mol. The van der Waals surface area contributed by atoms with Crippen molar-refractivity contribution in [2.24, 2.45) is 0 Å². The highest BCUT2D eigenvalue weighted by Gasteiger charge is 2.14. The van der Waals surface area contributed by atoms with Crippen LogP contribution in [-0.2, 0) is 17.1 Å². The average Bonchev–Trinajstić information content (AvgIpc) is 2.90. The molecule has 0 unspecified atom stereocenters. The Hall–Kier alpha value is -1.90. The average molecular weight is 355 g/mol. The van der Waals surface area contributed by atoms with E-state index >= 15 is 0 Å². The minimum atomic E-state index is -0.371. The molecule has 0 radical (unpaired) electrons. The second kappa shape index (κ2) is 6.69. The molecule has 0 spiro atoms. The van der Waals surface area contributed by atoms with Crippen molar-refractivity contribution >= 4 is 29.1 Å². The van der Waals surface area contributed by atoms with E-state index < -0.39 is 0 Å². The van der Waals surface area contributed by atoms with E-state index in [1.807, 2.05) is 0 Å². The zero-order valence-electron chi connectivity index (χ0n) is 12.0. The van der Waals surface area contributed by atoms with Crippen LogP contribution in [0.25, 0.3) is 5.78 Å². The summed E-state index contributed by atoms with van der Waals surface area (Å²) in [5.41, 5.74) is 0.720. The Kier molecular flexibility index (Phi) is 4.65. The molecule has 0 amide bonds. The summed E-state index contributed by atoms with van der Waals surface area (Å²) >= 11 is 7.30. The molecule has 3 rings (SSSR count). The molecule has 3 aromatic rings. The maximum absolute atomic E-state index is 13.8. The van der Waals surface area contributed by atoms with Gasteiger partial charge in [0, 0.05) is 29.5 Å². The fraction of sp³-hybridized carbons (Fsp3) is 0.214. The highest BCUT2D eigenvalue weighted by atomic mass is 35.5. The third-order valence-electron chi connectivity index (χ3n) is 3.15. The summed E-state index contributed by atoms with van der Waals surface area (Å²) in [7, 11) is 1.53. The van der Waals surface area contributed by atoms with Gasteiger partial charge >= 0.3 is 0 Å². The molecule has 120 valence electrons.